The highest BCUT2D eigenvalue weighted by Gasteiger charge is 2.33. The molecule has 5 heteroatoms. The van der Waals surface area contributed by atoms with E-state index in [9.17, 15) is 14.4 Å². The SMILES string of the molecule is CC(C)(C)C(=O)c1ccc(NC(=O)C(CC(=O)O)C(C)(C)C)cc1. The Balaban J connectivity index is 2.90. The number of anilines is 1. The molecule has 0 aliphatic heterocycles. The van der Waals surface area contributed by atoms with Crippen LogP contribution >= 0.6 is 0 Å². The summed E-state index contributed by atoms with van der Waals surface area (Å²) in [4.78, 5) is 35.6. The molecule has 0 aromatic heterocycles. The van der Waals surface area contributed by atoms with E-state index in [0.717, 1.165) is 0 Å². The minimum absolute atomic E-state index is 0.0267. The molecule has 0 saturated carbocycles. The number of hydrogen-bond acceptors (Lipinski definition) is 3. The smallest absolute Gasteiger partial charge is 0.304 e. The van der Waals surface area contributed by atoms with Gasteiger partial charge in [0.1, 0.15) is 0 Å². The highest BCUT2D eigenvalue weighted by molar-refractivity contribution is 6.00. The lowest BCUT2D eigenvalue weighted by molar-refractivity contribution is -0.142. The van der Waals surface area contributed by atoms with E-state index in [1.165, 1.54) is 0 Å². The average molecular weight is 333 g/mol. The number of benzene rings is 1. The summed E-state index contributed by atoms with van der Waals surface area (Å²) in [6.45, 7) is 11.1. The van der Waals surface area contributed by atoms with Crippen LogP contribution in [0.25, 0.3) is 0 Å². The average Bonchev–Trinajstić information content (AvgIpc) is 2.42. The number of ketones is 1. The Hall–Kier alpha value is -2.17. The van der Waals surface area contributed by atoms with Crippen LogP contribution in [0.2, 0.25) is 0 Å². The minimum atomic E-state index is -1.00. The lowest BCUT2D eigenvalue weighted by atomic mass is 9.78. The Morgan fingerprint density at radius 3 is 1.88 bits per heavy atom. The Labute approximate surface area is 143 Å². The van der Waals surface area contributed by atoms with Crippen LogP contribution in [0.3, 0.4) is 0 Å². The zero-order valence-corrected chi connectivity index (χ0v) is 15.3. The Bertz CT molecular complexity index is 618. The second kappa shape index (κ2) is 7.16. The molecule has 1 unspecified atom stereocenters. The Morgan fingerprint density at radius 1 is 1.00 bits per heavy atom. The van der Waals surface area contributed by atoms with Gasteiger partial charge in [0, 0.05) is 16.7 Å². The number of rotatable bonds is 5. The first kappa shape index (κ1) is 19.9. The maximum absolute atomic E-state index is 12.4. The zero-order chi connectivity index (χ0) is 18.7. The van der Waals surface area contributed by atoms with Crippen LogP contribution in [0.1, 0.15) is 58.3 Å². The number of amides is 1. The molecule has 0 heterocycles. The summed E-state index contributed by atoms with van der Waals surface area (Å²) < 4.78 is 0. The van der Waals surface area contributed by atoms with Crippen molar-refractivity contribution >= 4 is 23.3 Å². The first-order valence-corrected chi connectivity index (χ1v) is 8.00. The summed E-state index contributed by atoms with van der Waals surface area (Å²) in [6.07, 6.45) is -0.226. The van der Waals surface area contributed by atoms with Gasteiger partial charge in [-0.3, -0.25) is 14.4 Å². The molecule has 0 aliphatic rings. The second-order valence-electron chi connectivity index (χ2n) is 8.16. The largest absolute Gasteiger partial charge is 0.481 e. The minimum Gasteiger partial charge on any atom is -0.481 e. The lowest BCUT2D eigenvalue weighted by Gasteiger charge is -2.28. The molecule has 1 atom stereocenters. The predicted molar refractivity (Wildman–Crippen MR) is 94.1 cm³/mol. The van der Waals surface area contributed by atoms with Crippen LogP contribution < -0.4 is 5.32 Å². The quantitative estimate of drug-likeness (QED) is 0.798. The van der Waals surface area contributed by atoms with Gasteiger partial charge in [-0.2, -0.15) is 0 Å². The molecule has 0 radical (unpaired) electrons. The van der Waals surface area contributed by atoms with Crippen LogP contribution in [-0.4, -0.2) is 22.8 Å². The third kappa shape index (κ3) is 5.48. The van der Waals surface area contributed by atoms with E-state index in [0.29, 0.717) is 11.3 Å². The number of aliphatic carboxylic acids is 1. The summed E-state index contributed by atoms with van der Waals surface area (Å²) in [5.41, 5.74) is 0.192. The van der Waals surface area contributed by atoms with Crippen LogP contribution in [0.5, 0.6) is 0 Å². The highest BCUT2D eigenvalue weighted by Crippen LogP contribution is 2.30. The van der Waals surface area contributed by atoms with E-state index in [4.69, 9.17) is 5.11 Å². The maximum Gasteiger partial charge on any atom is 0.304 e. The standard InChI is InChI=1S/C19H27NO4/c1-18(2,3)14(11-15(21)22)17(24)20-13-9-7-12(8-10-13)16(23)19(4,5)6/h7-10,14H,11H2,1-6H3,(H,20,24)(H,21,22). The monoisotopic (exact) mass is 333 g/mol. The van der Waals surface area contributed by atoms with Gasteiger partial charge in [0.25, 0.3) is 0 Å². The molecule has 1 aromatic carbocycles. The van der Waals surface area contributed by atoms with E-state index in [2.05, 4.69) is 5.32 Å². The molecule has 0 bridgehead atoms. The summed E-state index contributed by atoms with van der Waals surface area (Å²) >= 11 is 0. The van der Waals surface area contributed by atoms with E-state index in [1.54, 1.807) is 24.3 Å². The van der Waals surface area contributed by atoms with Crippen molar-refractivity contribution in [1.82, 2.24) is 0 Å². The maximum atomic E-state index is 12.4. The third-order valence-corrected chi connectivity index (χ3v) is 3.84. The fourth-order valence-corrected chi connectivity index (χ4v) is 2.33. The first-order valence-electron chi connectivity index (χ1n) is 8.00. The number of carbonyl (C=O) groups excluding carboxylic acids is 2. The van der Waals surface area contributed by atoms with Gasteiger partial charge in [-0.1, -0.05) is 41.5 Å². The number of carboxylic acid groups (broad SMARTS) is 1. The number of carbonyl (C=O) groups is 3. The molecule has 0 spiro atoms. The normalized spacial score (nSPS) is 13.2. The fourth-order valence-electron chi connectivity index (χ4n) is 2.33. The van der Waals surface area contributed by atoms with Crippen molar-refractivity contribution in [3.05, 3.63) is 29.8 Å². The number of Topliss-reactive ketones (excluding diaryl/α,β-unsaturated/α-hetero) is 1. The summed E-state index contributed by atoms with van der Waals surface area (Å²) in [5, 5.41) is 11.8. The predicted octanol–water partition coefficient (Wildman–Crippen LogP) is 3.99. The molecular formula is C19H27NO4. The van der Waals surface area contributed by atoms with Gasteiger partial charge in [-0.25, -0.2) is 0 Å². The fraction of sp³-hybridized carbons (Fsp3) is 0.526. The number of nitrogens with one attached hydrogen (secondary N) is 1. The highest BCUT2D eigenvalue weighted by atomic mass is 16.4. The zero-order valence-electron chi connectivity index (χ0n) is 15.3. The third-order valence-electron chi connectivity index (χ3n) is 3.84. The molecule has 5 nitrogen and oxygen atoms in total. The number of carboxylic acids is 1. The van der Waals surface area contributed by atoms with Crippen molar-refractivity contribution in [1.29, 1.82) is 0 Å². The molecule has 1 amide bonds. The van der Waals surface area contributed by atoms with Gasteiger partial charge in [-0.15, -0.1) is 0 Å². The molecule has 24 heavy (non-hydrogen) atoms. The summed E-state index contributed by atoms with van der Waals surface area (Å²) in [6, 6.07) is 6.67. The molecule has 1 rings (SSSR count). The van der Waals surface area contributed by atoms with E-state index >= 15 is 0 Å². The van der Waals surface area contributed by atoms with Crippen LogP contribution in [-0.2, 0) is 9.59 Å². The van der Waals surface area contributed by atoms with Gasteiger partial charge in [0.15, 0.2) is 5.78 Å². The van der Waals surface area contributed by atoms with E-state index < -0.39 is 22.7 Å². The first-order chi connectivity index (χ1) is 10.8. The topological polar surface area (TPSA) is 83.5 Å². The molecule has 1 aromatic rings. The van der Waals surface area contributed by atoms with Gasteiger partial charge in [0.05, 0.1) is 12.3 Å². The van der Waals surface area contributed by atoms with Crippen molar-refractivity contribution in [2.75, 3.05) is 5.32 Å². The van der Waals surface area contributed by atoms with Crippen LogP contribution in [0.15, 0.2) is 24.3 Å². The van der Waals surface area contributed by atoms with Crippen molar-refractivity contribution in [3.63, 3.8) is 0 Å². The molecular weight excluding hydrogens is 306 g/mol. The molecule has 0 saturated heterocycles. The van der Waals surface area contributed by atoms with Crippen molar-refractivity contribution in [3.8, 4) is 0 Å². The van der Waals surface area contributed by atoms with Crippen molar-refractivity contribution in [2.24, 2.45) is 16.7 Å². The van der Waals surface area contributed by atoms with E-state index in [1.807, 2.05) is 41.5 Å². The van der Waals surface area contributed by atoms with E-state index in [-0.39, 0.29) is 18.1 Å². The second-order valence-corrected chi connectivity index (χ2v) is 8.16. The molecule has 132 valence electrons. The van der Waals surface area contributed by atoms with Crippen molar-refractivity contribution in [2.45, 2.75) is 48.0 Å². The Morgan fingerprint density at radius 2 is 1.50 bits per heavy atom. The summed E-state index contributed by atoms with van der Waals surface area (Å²) in [7, 11) is 0. The van der Waals surface area contributed by atoms with Crippen molar-refractivity contribution < 1.29 is 19.5 Å². The summed E-state index contributed by atoms with van der Waals surface area (Å²) in [5.74, 6) is -1.96. The van der Waals surface area contributed by atoms with Gasteiger partial charge < -0.3 is 10.4 Å². The molecule has 0 fully saturated rings. The molecule has 2 N–H and O–H groups in total. The van der Waals surface area contributed by atoms with Gasteiger partial charge in [0.2, 0.25) is 5.91 Å². The lowest BCUT2D eigenvalue weighted by Crippen LogP contribution is -2.35. The van der Waals surface area contributed by atoms with Crippen LogP contribution in [0, 0.1) is 16.7 Å². The Kier molecular flexibility index (Phi) is 5.93. The number of hydrogen-bond donors (Lipinski definition) is 2. The van der Waals surface area contributed by atoms with Gasteiger partial charge in [-0.05, 0) is 29.7 Å². The van der Waals surface area contributed by atoms with Crippen LogP contribution in [0.4, 0.5) is 5.69 Å². The molecule has 0 aliphatic carbocycles. The van der Waals surface area contributed by atoms with Gasteiger partial charge >= 0.3 is 5.97 Å².